The molecule has 8 nitrogen and oxygen atoms in total. The Morgan fingerprint density at radius 1 is 1.11 bits per heavy atom. The number of halogens is 1. The van der Waals surface area contributed by atoms with Crippen molar-refractivity contribution in [2.45, 2.75) is 32.9 Å². The topological polar surface area (TPSA) is 130 Å². The molecular formula is C26H24FN7O. The van der Waals surface area contributed by atoms with Gasteiger partial charge in [-0.1, -0.05) is 30.3 Å². The summed E-state index contributed by atoms with van der Waals surface area (Å²) in [5.74, 6) is -0.500. The number of hydrogen-bond donors (Lipinski definition) is 3. The van der Waals surface area contributed by atoms with Crippen molar-refractivity contribution >= 4 is 28.4 Å². The van der Waals surface area contributed by atoms with Crippen LogP contribution < -0.4 is 16.4 Å². The summed E-state index contributed by atoms with van der Waals surface area (Å²) >= 11 is 0. The van der Waals surface area contributed by atoms with Crippen LogP contribution in [-0.2, 0) is 0 Å². The molecule has 0 saturated heterocycles. The number of amides is 1. The molecule has 0 aliphatic rings. The first-order valence-electron chi connectivity index (χ1n) is 11.1. The Labute approximate surface area is 202 Å². The van der Waals surface area contributed by atoms with Crippen LogP contribution in [0.5, 0.6) is 0 Å². The fourth-order valence-electron chi connectivity index (χ4n) is 3.93. The van der Waals surface area contributed by atoms with E-state index < -0.39 is 11.9 Å². The average Bonchev–Trinajstić information content (AvgIpc) is 2.83. The highest BCUT2D eigenvalue weighted by molar-refractivity contribution is 6.12. The maximum Gasteiger partial charge on any atom is 0.252 e. The Morgan fingerprint density at radius 3 is 2.54 bits per heavy atom. The third-order valence-corrected chi connectivity index (χ3v) is 5.44. The molecule has 0 spiro atoms. The standard InChI is InChI=1S/C26H24FN7O/c1-14(2)32-26(35)22-18-11-17(27)9-10-20(18)34-23(21(22)16-7-5-4-6-8-16)15(3)33-25-19(12-28)24(29)30-13-31-25/h4-11,13-15H,1-3H3,(H,32,35)(H3,29,30,31,33). The van der Waals surface area contributed by atoms with E-state index in [0.29, 0.717) is 27.7 Å². The molecule has 0 bridgehead atoms. The van der Waals surface area contributed by atoms with E-state index in [1.807, 2.05) is 57.2 Å². The predicted molar refractivity (Wildman–Crippen MR) is 133 cm³/mol. The molecule has 1 unspecified atom stereocenters. The molecule has 0 aliphatic heterocycles. The predicted octanol–water partition coefficient (Wildman–Crippen LogP) is 4.60. The lowest BCUT2D eigenvalue weighted by Gasteiger charge is -2.23. The van der Waals surface area contributed by atoms with E-state index in [0.717, 1.165) is 5.56 Å². The van der Waals surface area contributed by atoms with E-state index in [1.165, 1.54) is 18.5 Å². The molecule has 0 saturated carbocycles. The number of nitriles is 1. The Balaban J connectivity index is 2.00. The van der Waals surface area contributed by atoms with Crippen molar-refractivity contribution in [3.63, 3.8) is 0 Å². The maximum atomic E-state index is 14.3. The van der Waals surface area contributed by atoms with Gasteiger partial charge in [-0.2, -0.15) is 5.26 Å². The summed E-state index contributed by atoms with van der Waals surface area (Å²) in [6, 6.07) is 14.9. The maximum absolute atomic E-state index is 14.3. The van der Waals surface area contributed by atoms with E-state index in [4.69, 9.17) is 10.7 Å². The van der Waals surface area contributed by atoms with Crippen LogP contribution in [0.3, 0.4) is 0 Å². The van der Waals surface area contributed by atoms with Crippen LogP contribution in [0.4, 0.5) is 16.0 Å². The number of rotatable bonds is 6. The highest BCUT2D eigenvalue weighted by Gasteiger charge is 2.26. The van der Waals surface area contributed by atoms with E-state index in [2.05, 4.69) is 20.6 Å². The van der Waals surface area contributed by atoms with Gasteiger partial charge in [0, 0.05) is 17.0 Å². The molecule has 2 heterocycles. The van der Waals surface area contributed by atoms with Crippen molar-refractivity contribution in [2.24, 2.45) is 0 Å². The molecule has 4 rings (SSSR count). The van der Waals surface area contributed by atoms with Gasteiger partial charge < -0.3 is 16.4 Å². The summed E-state index contributed by atoms with van der Waals surface area (Å²) < 4.78 is 14.3. The molecule has 0 radical (unpaired) electrons. The molecule has 4 N–H and O–H groups in total. The van der Waals surface area contributed by atoms with Gasteiger partial charge in [-0.3, -0.25) is 4.79 Å². The van der Waals surface area contributed by atoms with Gasteiger partial charge in [0.05, 0.1) is 22.8 Å². The molecule has 2 aromatic carbocycles. The number of nitrogen functional groups attached to an aromatic ring is 1. The highest BCUT2D eigenvalue weighted by Crippen LogP contribution is 2.36. The summed E-state index contributed by atoms with van der Waals surface area (Å²) in [5.41, 5.74) is 8.58. The van der Waals surface area contributed by atoms with Gasteiger partial charge in [0.15, 0.2) is 0 Å². The number of fused-ring (bicyclic) bond motifs is 1. The zero-order valence-corrected chi connectivity index (χ0v) is 19.5. The first kappa shape index (κ1) is 23.6. The SMILES string of the molecule is CC(C)NC(=O)c1c(-c2ccccc2)c(C(C)Nc2ncnc(N)c2C#N)nc2ccc(F)cc12. The zero-order valence-electron chi connectivity index (χ0n) is 19.5. The fourth-order valence-corrected chi connectivity index (χ4v) is 3.93. The molecule has 1 atom stereocenters. The van der Waals surface area contributed by atoms with Crippen LogP contribution in [0.2, 0.25) is 0 Å². The first-order chi connectivity index (χ1) is 16.8. The van der Waals surface area contributed by atoms with Crippen molar-refractivity contribution in [1.29, 1.82) is 5.26 Å². The molecule has 176 valence electrons. The Morgan fingerprint density at radius 2 is 1.86 bits per heavy atom. The quantitative estimate of drug-likeness (QED) is 0.376. The van der Waals surface area contributed by atoms with Gasteiger partial charge >= 0.3 is 0 Å². The van der Waals surface area contributed by atoms with E-state index in [1.54, 1.807) is 6.07 Å². The lowest BCUT2D eigenvalue weighted by Crippen LogP contribution is -2.31. The van der Waals surface area contributed by atoms with Crippen molar-refractivity contribution in [3.05, 3.63) is 77.5 Å². The van der Waals surface area contributed by atoms with Gasteiger partial charge in [-0.25, -0.2) is 19.3 Å². The molecule has 0 fully saturated rings. The third kappa shape index (κ3) is 4.73. The summed E-state index contributed by atoms with van der Waals surface area (Å²) in [5, 5.41) is 16.1. The number of pyridine rings is 1. The number of benzene rings is 2. The Bertz CT molecular complexity index is 1450. The van der Waals surface area contributed by atoms with E-state index >= 15 is 0 Å². The second-order valence-corrected chi connectivity index (χ2v) is 8.36. The number of anilines is 2. The summed E-state index contributed by atoms with van der Waals surface area (Å²) in [7, 11) is 0. The van der Waals surface area contributed by atoms with Gasteiger partial charge in [0.1, 0.15) is 35.4 Å². The largest absolute Gasteiger partial charge is 0.382 e. The lowest BCUT2D eigenvalue weighted by molar-refractivity contribution is 0.0945. The van der Waals surface area contributed by atoms with Crippen molar-refractivity contribution in [3.8, 4) is 17.2 Å². The van der Waals surface area contributed by atoms with Crippen LogP contribution in [0, 0.1) is 17.1 Å². The van der Waals surface area contributed by atoms with E-state index in [-0.39, 0.29) is 29.1 Å². The summed E-state index contributed by atoms with van der Waals surface area (Å²) in [4.78, 5) is 26.4. The minimum atomic E-state index is -0.508. The van der Waals surface area contributed by atoms with Gasteiger partial charge in [0.2, 0.25) is 0 Å². The molecule has 35 heavy (non-hydrogen) atoms. The molecule has 2 aromatic heterocycles. The molecule has 0 aliphatic carbocycles. The van der Waals surface area contributed by atoms with Crippen molar-refractivity contribution in [1.82, 2.24) is 20.3 Å². The number of nitrogens with two attached hydrogens (primary N) is 1. The summed E-state index contributed by atoms with van der Waals surface area (Å²) in [6.07, 6.45) is 1.27. The number of aromatic nitrogens is 3. The molecule has 1 amide bonds. The molecule has 4 aromatic rings. The van der Waals surface area contributed by atoms with Crippen LogP contribution in [0.25, 0.3) is 22.0 Å². The minimum Gasteiger partial charge on any atom is -0.382 e. The minimum absolute atomic E-state index is 0.0550. The monoisotopic (exact) mass is 469 g/mol. The number of hydrogen-bond acceptors (Lipinski definition) is 7. The van der Waals surface area contributed by atoms with E-state index in [9.17, 15) is 14.4 Å². The first-order valence-corrected chi connectivity index (χ1v) is 11.1. The third-order valence-electron chi connectivity index (χ3n) is 5.44. The smallest absolute Gasteiger partial charge is 0.252 e. The second-order valence-electron chi connectivity index (χ2n) is 8.36. The van der Waals surface area contributed by atoms with Crippen molar-refractivity contribution < 1.29 is 9.18 Å². The van der Waals surface area contributed by atoms with Crippen LogP contribution in [0.15, 0.2) is 54.9 Å². The number of nitrogens with one attached hydrogen (secondary N) is 2. The highest BCUT2D eigenvalue weighted by atomic mass is 19.1. The normalized spacial score (nSPS) is 11.8. The number of carbonyl (C=O) groups excluding carboxylic acids is 1. The van der Waals surface area contributed by atoms with Gasteiger partial charge in [-0.05, 0) is 44.5 Å². The summed E-state index contributed by atoms with van der Waals surface area (Å²) in [6.45, 7) is 5.56. The second kappa shape index (κ2) is 9.73. The fraction of sp³-hybridized carbons (Fsp3) is 0.192. The van der Waals surface area contributed by atoms with Crippen LogP contribution in [0.1, 0.15) is 48.4 Å². The average molecular weight is 470 g/mol. The van der Waals surface area contributed by atoms with Crippen molar-refractivity contribution in [2.75, 3.05) is 11.1 Å². The molecule has 9 heteroatoms. The molecular weight excluding hydrogens is 445 g/mol. The zero-order chi connectivity index (χ0) is 25.1. The lowest BCUT2D eigenvalue weighted by atomic mass is 9.91. The van der Waals surface area contributed by atoms with Crippen LogP contribution in [-0.4, -0.2) is 26.9 Å². The number of nitrogens with zero attached hydrogens (tertiary/aromatic N) is 4. The Hall–Kier alpha value is -4.58. The van der Waals surface area contributed by atoms with Gasteiger partial charge in [-0.15, -0.1) is 0 Å². The van der Waals surface area contributed by atoms with Gasteiger partial charge in [0.25, 0.3) is 5.91 Å². The number of carbonyl (C=O) groups is 1. The Kier molecular flexibility index (Phi) is 6.55. The van der Waals surface area contributed by atoms with Crippen LogP contribution >= 0.6 is 0 Å².